The molecular formula is C10H13NaO3. The predicted molar refractivity (Wildman–Crippen MR) is 55.5 cm³/mol. The van der Waals surface area contributed by atoms with Gasteiger partial charge in [0.15, 0.2) is 0 Å². The molecule has 0 aliphatic rings. The minimum atomic E-state index is -0.382. The average Bonchev–Trinajstić information content (AvgIpc) is 2.18. The summed E-state index contributed by atoms with van der Waals surface area (Å²) < 4.78 is 4.82. The third kappa shape index (κ3) is 3.42. The van der Waals surface area contributed by atoms with Crippen LogP contribution in [-0.4, -0.2) is 47.2 Å². The molecule has 0 aromatic heterocycles. The van der Waals surface area contributed by atoms with Gasteiger partial charge in [-0.2, -0.15) is 0 Å². The van der Waals surface area contributed by atoms with Gasteiger partial charge in [-0.1, -0.05) is 18.2 Å². The van der Waals surface area contributed by atoms with E-state index in [0.717, 1.165) is 0 Å². The second-order valence-electron chi connectivity index (χ2n) is 2.54. The van der Waals surface area contributed by atoms with Crippen LogP contribution in [0.25, 0.3) is 0 Å². The maximum atomic E-state index is 11.3. The Hall–Kier alpha value is -0.350. The van der Waals surface area contributed by atoms with Gasteiger partial charge in [0.2, 0.25) is 0 Å². The molecule has 1 aromatic carbocycles. The van der Waals surface area contributed by atoms with Crippen molar-refractivity contribution in [3.63, 3.8) is 0 Å². The van der Waals surface area contributed by atoms with Crippen molar-refractivity contribution in [2.45, 2.75) is 13.5 Å². The third-order valence-corrected chi connectivity index (χ3v) is 1.68. The van der Waals surface area contributed by atoms with Gasteiger partial charge in [-0.05, 0) is 18.6 Å². The molecule has 0 amide bonds. The molecule has 0 saturated carbocycles. The van der Waals surface area contributed by atoms with Gasteiger partial charge in [-0.25, -0.2) is 4.79 Å². The Balaban J connectivity index is 0.00000169. The van der Waals surface area contributed by atoms with Crippen molar-refractivity contribution in [1.82, 2.24) is 0 Å². The Labute approximate surface area is 105 Å². The molecule has 0 unspecified atom stereocenters. The first kappa shape index (κ1) is 13.7. The molecule has 0 bridgehead atoms. The van der Waals surface area contributed by atoms with E-state index in [9.17, 15) is 4.79 Å². The quantitative estimate of drug-likeness (QED) is 0.582. The summed E-state index contributed by atoms with van der Waals surface area (Å²) in [6, 6.07) is 6.86. The number of ether oxygens (including phenoxy) is 1. The molecule has 0 saturated heterocycles. The third-order valence-electron chi connectivity index (χ3n) is 1.68. The van der Waals surface area contributed by atoms with Crippen molar-refractivity contribution in [3.8, 4) is 0 Å². The summed E-state index contributed by atoms with van der Waals surface area (Å²) >= 11 is 0. The van der Waals surface area contributed by atoms with Crippen LogP contribution in [0.5, 0.6) is 0 Å². The number of aliphatic hydroxyl groups is 1. The molecule has 3 nitrogen and oxygen atoms in total. The summed E-state index contributed by atoms with van der Waals surface area (Å²) in [6.45, 7) is 1.95. The van der Waals surface area contributed by atoms with Crippen molar-refractivity contribution in [2.75, 3.05) is 6.61 Å². The monoisotopic (exact) mass is 204 g/mol. The van der Waals surface area contributed by atoms with Gasteiger partial charge in [0.25, 0.3) is 0 Å². The summed E-state index contributed by atoms with van der Waals surface area (Å²) in [6.07, 6.45) is 0. The SMILES string of the molecule is CCOC(=O)c1ccccc1CO.[NaH]. The van der Waals surface area contributed by atoms with Crippen LogP contribution in [0, 0.1) is 0 Å². The molecular weight excluding hydrogens is 191 g/mol. The number of carbonyl (C=O) groups is 1. The fourth-order valence-corrected chi connectivity index (χ4v) is 1.07. The van der Waals surface area contributed by atoms with Gasteiger partial charge in [0, 0.05) is 0 Å². The Morgan fingerprint density at radius 1 is 1.43 bits per heavy atom. The number of aliphatic hydroxyl groups excluding tert-OH is 1. The van der Waals surface area contributed by atoms with Crippen LogP contribution in [0.1, 0.15) is 22.8 Å². The molecule has 4 heteroatoms. The van der Waals surface area contributed by atoms with Crippen LogP contribution in [-0.2, 0) is 11.3 Å². The molecule has 0 heterocycles. The number of benzene rings is 1. The number of hydrogen-bond donors (Lipinski definition) is 1. The fraction of sp³-hybridized carbons (Fsp3) is 0.300. The first-order valence-corrected chi connectivity index (χ1v) is 4.15. The summed E-state index contributed by atoms with van der Waals surface area (Å²) in [4.78, 5) is 11.3. The Morgan fingerprint density at radius 2 is 2.07 bits per heavy atom. The Bertz CT molecular complexity index is 299. The maximum absolute atomic E-state index is 11.3. The molecule has 14 heavy (non-hydrogen) atoms. The molecule has 1 aromatic rings. The van der Waals surface area contributed by atoms with Gasteiger partial charge < -0.3 is 9.84 Å². The fourth-order valence-electron chi connectivity index (χ4n) is 1.07. The van der Waals surface area contributed by atoms with Gasteiger partial charge >= 0.3 is 35.5 Å². The zero-order chi connectivity index (χ0) is 9.68. The number of esters is 1. The summed E-state index contributed by atoms with van der Waals surface area (Å²) in [5.74, 6) is -0.382. The second kappa shape index (κ2) is 7.01. The van der Waals surface area contributed by atoms with Crippen LogP contribution in [0.15, 0.2) is 24.3 Å². The van der Waals surface area contributed by atoms with Crippen molar-refractivity contribution >= 4 is 35.5 Å². The first-order valence-electron chi connectivity index (χ1n) is 4.15. The molecule has 0 radical (unpaired) electrons. The first-order chi connectivity index (χ1) is 6.29. The van der Waals surface area contributed by atoms with Gasteiger partial charge in [0.1, 0.15) is 0 Å². The molecule has 72 valence electrons. The zero-order valence-corrected chi connectivity index (χ0v) is 7.49. The van der Waals surface area contributed by atoms with Gasteiger partial charge in [0.05, 0.1) is 18.8 Å². The standard InChI is InChI=1S/C10H12O3.Na.H/c1-2-13-10(12)9-6-4-3-5-8(9)7-11;;/h3-6,11H,2,7H2,1H3;;. The topological polar surface area (TPSA) is 46.5 Å². The minimum absolute atomic E-state index is 0. The van der Waals surface area contributed by atoms with Crippen LogP contribution in [0.4, 0.5) is 0 Å². The number of rotatable bonds is 3. The van der Waals surface area contributed by atoms with Crippen LogP contribution < -0.4 is 0 Å². The second-order valence-corrected chi connectivity index (χ2v) is 2.54. The van der Waals surface area contributed by atoms with Crippen molar-refractivity contribution in [1.29, 1.82) is 0 Å². The van der Waals surface area contributed by atoms with E-state index in [-0.39, 0.29) is 42.1 Å². The van der Waals surface area contributed by atoms with E-state index < -0.39 is 0 Å². The molecule has 0 spiro atoms. The summed E-state index contributed by atoms with van der Waals surface area (Å²) in [5, 5.41) is 8.93. The van der Waals surface area contributed by atoms with E-state index in [1.807, 2.05) is 0 Å². The molecule has 0 aliphatic heterocycles. The molecule has 0 fully saturated rings. The summed E-state index contributed by atoms with van der Waals surface area (Å²) in [5.41, 5.74) is 1.04. The average molecular weight is 204 g/mol. The van der Waals surface area contributed by atoms with Crippen molar-refractivity contribution in [2.24, 2.45) is 0 Å². The molecule has 0 aliphatic carbocycles. The Kier molecular flexibility index (Phi) is 6.83. The van der Waals surface area contributed by atoms with E-state index in [0.29, 0.717) is 17.7 Å². The van der Waals surface area contributed by atoms with E-state index in [4.69, 9.17) is 9.84 Å². The predicted octanol–water partition coefficient (Wildman–Crippen LogP) is 0.707. The molecule has 1 rings (SSSR count). The van der Waals surface area contributed by atoms with Gasteiger partial charge in [-0.15, -0.1) is 0 Å². The zero-order valence-electron chi connectivity index (χ0n) is 7.49. The van der Waals surface area contributed by atoms with E-state index in [2.05, 4.69) is 0 Å². The molecule has 1 N–H and O–H groups in total. The van der Waals surface area contributed by atoms with Gasteiger partial charge in [-0.3, -0.25) is 0 Å². The number of carbonyl (C=O) groups excluding carboxylic acids is 1. The Morgan fingerprint density at radius 3 is 2.64 bits per heavy atom. The van der Waals surface area contributed by atoms with E-state index in [1.165, 1.54) is 0 Å². The normalized spacial score (nSPS) is 9.00. The van der Waals surface area contributed by atoms with Crippen LogP contribution in [0.3, 0.4) is 0 Å². The van der Waals surface area contributed by atoms with Crippen LogP contribution >= 0.6 is 0 Å². The molecule has 0 atom stereocenters. The van der Waals surface area contributed by atoms with E-state index >= 15 is 0 Å². The van der Waals surface area contributed by atoms with Crippen molar-refractivity contribution in [3.05, 3.63) is 35.4 Å². The van der Waals surface area contributed by atoms with E-state index in [1.54, 1.807) is 31.2 Å². The van der Waals surface area contributed by atoms with Crippen LogP contribution in [0.2, 0.25) is 0 Å². The van der Waals surface area contributed by atoms with Crippen molar-refractivity contribution < 1.29 is 14.6 Å². The number of hydrogen-bond acceptors (Lipinski definition) is 3. The summed E-state index contributed by atoms with van der Waals surface area (Å²) in [7, 11) is 0.